The Labute approximate surface area is 198 Å². The number of halogens is 1. The number of amides is 1. The second-order valence-electron chi connectivity index (χ2n) is 7.47. The Hall–Kier alpha value is -4.30. The number of rotatable bonds is 4. The lowest BCUT2D eigenvalue weighted by Gasteiger charge is -2.24. The highest BCUT2D eigenvalue weighted by atomic mass is 35.5. The number of fused-ring (bicyclic) bond motifs is 2. The van der Waals surface area contributed by atoms with E-state index in [1.165, 1.54) is 6.21 Å². The van der Waals surface area contributed by atoms with Crippen molar-refractivity contribution in [3.05, 3.63) is 93.7 Å². The number of nitrogens with one attached hydrogen (secondary N) is 1. The van der Waals surface area contributed by atoms with Gasteiger partial charge in [0.2, 0.25) is 12.0 Å². The molecule has 3 aromatic carbocycles. The summed E-state index contributed by atoms with van der Waals surface area (Å²) in [6.07, 6.45) is 0.384. The molecule has 2 N–H and O–H groups in total. The van der Waals surface area contributed by atoms with Crippen LogP contribution in [0.1, 0.15) is 5.56 Å². The molecule has 0 saturated heterocycles. The fourth-order valence-corrected chi connectivity index (χ4v) is 3.95. The van der Waals surface area contributed by atoms with Crippen molar-refractivity contribution in [1.82, 2.24) is 9.99 Å². The van der Waals surface area contributed by atoms with Crippen LogP contribution in [-0.2, 0) is 4.79 Å². The largest absolute Gasteiger partial charge is 0.494 e. The molecule has 0 saturated carbocycles. The summed E-state index contributed by atoms with van der Waals surface area (Å²) in [7, 11) is 0. The molecule has 1 aliphatic rings. The average molecular weight is 476 g/mol. The molecule has 0 bridgehead atoms. The zero-order valence-electron chi connectivity index (χ0n) is 17.6. The van der Waals surface area contributed by atoms with Crippen LogP contribution in [0, 0.1) is 0 Å². The molecule has 1 aromatic heterocycles. The summed E-state index contributed by atoms with van der Waals surface area (Å²) in [5.41, 5.74) is 2.53. The molecule has 0 radical (unpaired) electrons. The number of pyridine rings is 1. The molecule has 1 unspecified atom stereocenters. The van der Waals surface area contributed by atoms with E-state index < -0.39 is 17.6 Å². The van der Waals surface area contributed by atoms with Gasteiger partial charge >= 0.3 is 0 Å². The van der Waals surface area contributed by atoms with Gasteiger partial charge in [0.15, 0.2) is 11.5 Å². The van der Waals surface area contributed by atoms with Gasteiger partial charge in [0.25, 0.3) is 11.5 Å². The van der Waals surface area contributed by atoms with Gasteiger partial charge in [-0.2, -0.15) is 5.10 Å². The minimum Gasteiger partial charge on any atom is -0.494 e. The van der Waals surface area contributed by atoms with Crippen molar-refractivity contribution in [1.29, 1.82) is 0 Å². The number of nitrogens with zero attached hydrogens (tertiary/aromatic N) is 2. The van der Waals surface area contributed by atoms with E-state index in [4.69, 9.17) is 21.1 Å². The summed E-state index contributed by atoms with van der Waals surface area (Å²) < 4.78 is 12.3. The smallest absolute Gasteiger partial charge is 0.284 e. The molecule has 1 aliphatic heterocycles. The standard InChI is InChI=1S/C25H18ClN3O5/c26-18-9-3-4-10-19(18)29-24(31)16-8-2-1-7-15(16)17(25(29)32)13-27-28-23(30)22-14-33-20-11-5-6-12-21(20)34-22/h1-13,22,32H,14H2,(H,28,30)/b27-13+. The Balaban J connectivity index is 1.48. The van der Waals surface area contributed by atoms with Gasteiger partial charge in [-0.15, -0.1) is 0 Å². The molecular formula is C25H18ClN3O5. The maximum Gasteiger partial charge on any atom is 0.284 e. The molecule has 2 heterocycles. The number of ether oxygens (including phenoxy) is 2. The van der Waals surface area contributed by atoms with Crippen LogP contribution in [0.25, 0.3) is 16.5 Å². The number of aromatic hydroxyl groups is 1. The maximum atomic E-state index is 13.1. The molecule has 1 atom stereocenters. The Kier molecular flexibility index (Phi) is 5.65. The summed E-state index contributed by atoms with van der Waals surface area (Å²) in [5.74, 6) is 0.150. The molecule has 34 heavy (non-hydrogen) atoms. The van der Waals surface area contributed by atoms with Crippen molar-refractivity contribution < 1.29 is 19.4 Å². The van der Waals surface area contributed by atoms with Gasteiger partial charge < -0.3 is 14.6 Å². The fraction of sp³-hybridized carbons (Fsp3) is 0.0800. The van der Waals surface area contributed by atoms with Gasteiger partial charge in [0.1, 0.15) is 6.61 Å². The second kappa shape index (κ2) is 8.92. The van der Waals surface area contributed by atoms with E-state index >= 15 is 0 Å². The molecule has 0 spiro atoms. The highest BCUT2D eigenvalue weighted by molar-refractivity contribution is 6.32. The number of hydrogen-bond donors (Lipinski definition) is 2. The third-order valence-corrected chi connectivity index (χ3v) is 5.69. The zero-order chi connectivity index (χ0) is 23.7. The second-order valence-corrected chi connectivity index (χ2v) is 7.88. The van der Waals surface area contributed by atoms with Gasteiger partial charge in [-0.25, -0.2) is 9.99 Å². The van der Waals surface area contributed by atoms with Crippen molar-refractivity contribution in [3.8, 4) is 23.1 Å². The number of benzene rings is 3. The van der Waals surface area contributed by atoms with Gasteiger partial charge in [-0.05, 0) is 30.3 Å². The SMILES string of the molecule is O=C(N/N=C/c1c(O)n(-c2ccccc2Cl)c(=O)c2ccccc12)C1COc2ccccc2O1. The Bertz CT molecular complexity index is 1500. The van der Waals surface area contributed by atoms with E-state index in [-0.39, 0.29) is 18.1 Å². The molecule has 8 nitrogen and oxygen atoms in total. The molecule has 0 fully saturated rings. The Morgan fingerprint density at radius 2 is 1.71 bits per heavy atom. The lowest BCUT2D eigenvalue weighted by atomic mass is 10.1. The lowest BCUT2D eigenvalue weighted by Crippen LogP contribution is -2.42. The summed E-state index contributed by atoms with van der Waals surface area (Å²) in [4.78, 5) is 25.7. The summed E-state index contributed by atoms with van der Waals surface area (Å²) >= 11 is 6.29. The maximum absolute atomic E-state index is 13.1. The molecule has 1 amide bonds. The van der Waals surface area contributed by atoms with Crippen molar-refractivity contribution in [2.45, 2.75) is 6.10 Å². The van der Waals surface area contributed by atoms with Gasteiger partial charge in [-0.1, -0.05) is 54.1 Å². The van der Waals surface area contributed by atoms with Crippen molar-refractivity contribution in [2.24, 2.45) is 5.10 Å². The number of aromatic nitrogens is 1. The van der Waals surface area contributed by atoms with Crippen molar-refractivity contribution >= 4 is 34.5 Å². The predicted octanol–water partition coefficient (Wildman–Crippen LogP) is 3.64. The minimum atomic E-state index is -0.894. The summed E-state index contributed by atoms with van der Waals surface area (Å²) in [6, 6.07) is 20.5. The first-order valence-corrected chi connectivity index (χ1v) is 10.8. The summed E-state index contributed by atoms with van der Waals surface area (Å²) in [6.45, 7) is 0.0317. The van der Waals surface area contributed by atoms with E-state index in [0.29, 0.717) is 33.0 Å². The third-order valence-electron chi connectivity index (χ3n) is 5.37. The topological polar surface area (TPSA) is 102 Å². The number of carbonyl (C=O) groups is 1. The number of hydrazone groups is 1. The van der Waals surface area contributed by atoms with Crippen LogP contribution in [0.15, 0.2) is 82.7 Å². The first-order chi connectivity index (χ1) is 16.5. The zero-order valence-corrected chi connectivity index (χ0v) is 18.4. The van der Waals surface area contributed by atoms with Gasteiger partial charge in [-0.3, -0.25) is 9.59 Å². The Morgan fingerprint density at radius 3 is 2.50 bits per heavy atom. The van der Waals surface area contributed by atoms with Gasteiger partial charge in [0.05, 0.1) is 22.5 Å². The van der Waals surface area contributed by atoms with Crippen LogP contribution in [0.2, 0.25) is 5.02 Å². The number of para-hydroxylation sites is 3. The quantitative estimate of drug-likeness (QED) is 0.346. The minimum absolute atomic E-state index is 0.0317. The first-order valence-electron chi connectivity index (χ1n) is 10.4. The van der Waals surface area contributed by atoms with E-state index in [2.05, 4.69) is 10.5 Å². The fourth-order valence-electron chi connectivity index (χ4n) is 3.73. The van der Waals surface area contributed by atoms with Crippen LogP contribution >= 0.6 is 11.6 Å². The first kappa shape index (κ1) is 21.5. The Morgan fingerprint density at radius 1 is 1.03 bits per heavy atom. The van der Waals surface area contributed by atoms with Crippen LogP contribution in [-0.4, -0.2) is 34.5 Å². The lowest BCUT2D eigenvalue weighted by molar-refractivity contribution is -0.130. The molecule has 5 rings (SSSR count). The molecule has 0 aliphatic carbocycles. The van der Waals surface area contributed by atoms with Crippen molar-refractivity contribution in [3.63, 3.8) is 0 Å². The highest BCUT2D eigenvalue weighted by Crippen LogP contribution is 2.31. The van der Waals surface area contributed by atoms with Crippen LogP contribution < -0.4 is 20.5 Å². The van der Waals surface area contributed by atoms with Crippen LogP contribution in [0.4, 0.5) is 0 Å². The monoisotopic (exact) mass is 475 g/mol. The van der Waals surface area contributed by atoms with E-state index in [0.717, 1.165) is 4.57 Å². The van der Waals surface area contributed by atoms with Crippen LogP contribution in [0.5, 0.6) is 17.4 Å². The summed E-state index contributed by atoms with van der Waals surface area (Å²) in [5, 5.41) is 16.1. The van der Waals surface area contributed by atoms with E-state index in [9.17, 15) is 14.7 Å². The molecule has 4 aromatic rings. The van der Waals surface area contributed by atoms with E-state index in [1.54, 1.807) is 66.7 Å². The average Bonchev–Trinajstić information content (AvgIpc) is 2.87. The van der Waals surface area contributed by atoms with Gasteiger partial charge in [0, 0.05) is 10.8 Å². The normalized spacial score (nSPS) is 14.9. The molecular weight excluding hydrogens is 458 g/mol. The number of carbonyl (C=O) groups excluding carboxylic acids is 1. The van der Waals surface area contributed by atoms with E-state index in [1.807, 2.05) is 6.07 Å². The predicted molar refractivity (Wildman–Crippen MR) is 128 cm³/mol. The third kappa shape index (κ3) is 3.84. The highest BCUT2D eigenvalue weighted by Gasteiger charge is 2.27. The van der Waals surface area contributed by atoms with Crippen LogP contribution in [0.3, 0.4) is 0 Å². The molecule has 9 heteroatoms. The molecule has 170 valence electrons. The van der Waals surface area contributed by atoms with Crippen molar-refractivity contribution in [2.75, 3.05) is 6.61 Å². The number of hydrogen-bond acceptors (Lipinski definition) is 6.